The lowest BCUT2D eigenvalue weighted by molar-refractivity contribution is 0.0265. The fourth-order valence-corrected chi connectivity index (χ4v) is 2.10. The highest BCUT2D eigenvalue weighted by molar-refractivity contribution is 6.31. The first-order valence-electron chi connectivity index (χ1n) is 6.93. The molecule has 0 aliphatic carbocycles. The van der Waals surface area contributed by atoms with Gasteiger partial charge in [0.1, 0.15) is 0 Å². The lowest BCUT2D eigenvalue weighted by Crippen LogP contribution is -2.22. The summed E-state index contributed by atoms with van der Waals surface area (Å²) in [6, 6.07) is 3.58. The van der Waals surface area contributed by atoms with Crippen LogP contribution >= 0.6 is 11.6 Å². The molecule has 0 heterocycles. The number of hydrogen-bond acceptors (Lipinski definition) is 4. The molecule has 1 aromatic carbocycles. The molecule has 0 aliphatic rings. The zero-order valence-corrected chi connectivity index (χ0v) is 13.0. The Kier molecular flexibility index (Phi) is 7.13. The number of hydrogen-bond donors (Lipinski definition) is 2. The van der Waals surface area contributed by atoms with Gasteiger partial charge in [0.15, 0.2) is 11.5 Å². The molecular weight excluding hydrogens is 280 g/mol. The zero-order chi connectivity index (χ0) is 15.1. The van der Waals surface area contributed by atoms with E-state index in [0.29, 0.717) is 42.6 Å². The smallest absolute Gasteiger partial charge is 0.162 e. The molecule has 0 saturated heterocycles. The van der Waals surface area contributed by atoms with E-state index in [1.54, 1.807) is 13.0 Å². The van der Waals surface area contributed by atoms with Gasteiger partial charge < -0.3 is 19.7 Å². The Morgan fingerprint density at radius 3 is 2.15 bits per heavy atom. The van der Waals surface area contributed by atoms with Crippen LogP contribution in [0.3, 0.4) is 0 Å². The molecule has 0 aromatic heterocycles. The Bertz CT molecular complexity index is 421. The van der Waals surface area contributed by atoms with E-state index >= 15 is 0 Å². The lowest BCUT2D eigenvalue weighted by Gasteiger charge is -2.16. The number of aliphatic hydroxyl groups excluding tert-OH is 2. The van der Waals surface area contributed by atoms with Crippen molar-refractivity contribution in [3.05, 3.63) is 22.7 Å². The van der Waals surface area contributed by atoms with Gasteiger partial charge in [-0.15, -0.1) is 0 Å². The topological polar surface area (TPSA) is 58.9 Å². The van der Waals surface area contributed by atoms with E-state index in [-0.39, 0.29) is 0 Å². The van der Waals surface area contributed by atoms with Crippen LogP contribution in [0.5, 0.6) is 11.5 Å². The van der Waals surface area contributed by atoms with Gasteiger partial charge in [0.25, 0.3) is 0 Å². The van der Waals surface area contributed by atoms with E-state index in [2.05, 4.69) is 0 Å². The second-order valence-corrected chi connectivity index (χ2v) is 5.01. The molecule has 2 atom stereocenters. The van der Waals surface area contributed by atoms with Gasteiger partial charge in [-0.05, 0) is 45.2 Å². The largest absolute Gasteiger partial charge is 0.490 e. The second-order valence-electron chi connectivity index (χ2n) is 4.60. The van der Waals surface area contributed by atoms with Crippen LogP contribution in [0.2, 0.25) is 5.02 Å². The predicted octanol–water partition coefficient (Wildman–Crippen LogP) is 2.81. The summed E-state index contributed by atoms with van der Waals surface area (Å²) in [5.74, 6) is 1.28. The molecule has 20 heavy (non-hydrogen) atoms. The summed E-state index contributed by atoms with van der Waals surface area (Å²) in [6.07, 6.45) is -0.495. The first-order valence-corrected chi connectivity index (χ1v) is 7.31. The average molecular weight is 303 g/mol. The minimum absolute atomic E-state index is 0.441. The molecule has 114 valence electrons. The van der Waals surface area contributed by atoms with E-state index in [1.165, 1.54) is 0 Å². The van der Waals surface area contributed by atoms with E-state index in [9.17, 15) is 10.2 Å². The van der Waals surface area contributed by atoms with Crippen LogP contribution in [0.15, 0.2) is 12.1 Å². The Hall–Kier alpha value is -0.970. The van der Waals surface area contributed by atoms with Crippen molar-refractivity contribution < 1.29 is 19.7 Å². The molecular formula is C15H23ClO4. The molecule has 0 aliphatic heterocycles. The quantitative estimate of drug-likeness (QED) is 0.775. The highest BCUT2D eigenvalue weighted by Crippen LogP contribution is 2.34. The highest BCUT2D eigenvalue weighted by Gasteiger charge is 2.14. The predicted molar refractivity (Wildman–Crippen MR) is 79.8 cm³/mol. The van der Waals surface area contributed by atoms with Crippen molar-refractivity contribution >= 4 is 11.6 Å². The number of ether oxygens (including phenoxy) is 2. The number of benzene rings is 1. The molecule has 1 aromatic rings. The molecule has 0 spiro atoms. The van der Waals surface area contributed by atoms with E-state index in [4.69, 9.17) is 21.1 Å². The van der Waals surface area contributed by atoms with Crippen molar-refractivity contribution in [3.8, 4) is 11.5 Å². The summed E-state index contributed by atoms with van der Waals surface area (Å²) in [4.78, 5) is 0. The molecule has 2 N–H and O–H groups in total. The van der Waals surface area contributed by atoms with Gasteiger partial charge in [-0.25, -0.2) is 0 Å². The fourth-order valence-electron chi connectivity index (χ4n) is 1.85. The summed E-state index contributed by atoms with van der Waals surface area (Å²) in [6.45, 7) is 6.45. The Balaban J connectivity index is 2.88. The van der Waals surface area contributed by atoms with Gasteiger partial charge in [-0.3, -0.25) is 0 Å². The molecule has 1 rings (SSSR count). The summed E-state index contributed by atoms with van der Waals surface area (Å²) >= 11 is 6.22. The SMILES string of the molecule is CCOc1cc(Cl)c(CCC(O)C(C)O)cc1OCC. The first-order chi connectivity index (χ1) is 9.49. The first kappa shape index (κ1) is 17.1. The number of rotatable bonds is 8. The summed E-state index contributed by atoms with van der Waals surface area (Å²) in [5, 5.41) is 19.5. The Labute approximate surface area is 125 Å². The van der Waals surface area contributed by atoms with Crippen molar-refractivity contribution in [1.29, 1.82) is 0 Å². The van der Waals surface area contributed by atoms with Crippen molar-refractivity contribution in [1.82, 2.24) is 0 Å². The average Bonchev–Trinajstić information content (AvgIpc) is 2.40. The monoisotopic (exact) mass is 302 g/mol. The van der Waals surface area contributed by atoms with Crippen molar-refractivity contribution in [2.75, 3.05) is 13.2 Å². The molecule has 0 bridgehead atoms. The summed E-state index contributed by atoms with van der Waals surface area (Å²) in [7, 11) is 0. The van der Waals surface area contributed by atoms with Crippen LogP contribution in [0, 0.1) is 0 Å². The van der Waals surface area contributed by atoms with Crippen molar-refractivity contribution in [2.45, 2.75) is 45.8 Å². The molecule has 0 saturated carbocycles. The van der Waals surface area contributed by atoms with Crippen molar-refractivity contribution in [3.63, 3.8) is 0 Å². The van der Waals surface area contributed by atoms with Crippen LogP contribution in [-0.2, 0) is 6.42 Å². The van der Waals surface area contributed by atoms with Crippen LogP contribution in [0.25, 0.3) is 0 Å². The maximum Gasteiger partial charge on any atom is 0.162 e. The van der Waals surface area contributed by atoms with E-state index in [1.807, 2.05) is 19.9 Å². The van der Waals surface area contributed by atoms with Gasteiger partial charge in [0, 0.05) is 11.1 Å². The molecule has 4 nitrogen and oxygen atoms in total. The van der Waals surface area contributed by atoms with Crippen LogP contribution < -0.4 is 9.47 Å². The molecule has 0 fully saturated rings. The van der Waals surface area contributed by atoms with E-state index < -0.39 is 12.2 Å². The molecule has 0 amide bonds. The van der Waals surface area contributed by atoms with Gasteiger partial charge in [-0.2, -0.15) is 0 Å². The second kappa shape index (κ2) is 8.35. The zero-order valence-electron chi connectivity index (χ0n) is 12.2. The third-order valence-electron chi connectivity index (χ3n) is 2.98. The normalized spacial score (nSPS) is 13.9. The Morgan fingerprint density at radius 2 is 1.65 bits per heavy atom. The molecule has 2 unspecified atom stereocenters. The van der Waals surface area contributed by atoms with Gasteiger partial charge >= 0.3 is 0 Å². The van der Waals surface area contributed by atoms with Gasteiger partial charge in [0.2, 0.25) is 0 Å². The number of halogens is 1. The number of aliphatic hydroxyl groups is 2. The third kappa shape index (κ3) is 4.85. The van der Waals surface area contributed by atoms with Crippen molar-refractivity contribution in [2.24, 2.45) is 0 Å². The third-order valence-corrected chi connectivity index (χ3v) is 3.33. The Morgan fingerprint density at radius 1 is 1.10 bits per heavy atom. The standard InChI is InChI=1S/C15H23ClO4/c1-4-19-14-8-11(6-7-13(18)10(3)17)12(16)9-15(14)20-5-2/h8-10,13,17-18H,4-7H2,1-3H3. The van der Waals surface area contributed by atoms with Crippen LogP contribution in [0.1, 0.15) is 32.8 Å². The fraction of sp³-hybridized carbons (Fsp3) is 0.600. The summed E-state index contributed by atoms with van der Waals surface area (Å²) < 4.78 is 11.0. The van der Waals surface area contributed by atoms with Crippen LogP contribution in [0.4, 0.5) is 0 Å². The summed E-state index contributed by atoms with van der Waals surface area (Å²) in [5.41, 5.74) is 0.873. The lowest BCUT2D eigenvalue weighted by atomic mass is 10.0. The molecule has 0 radical (unpaired) electrons. The van der Waals surface area contributed by atoms with Gasteiger partial charge in [-0.1, -0.05) is 11.6 Å². The van der Waals surface area contributed by atoms with E-state index in [0.717, 1.165) is 5.56 Å². The minimum atomic E-state index is -0.756. The number of aryl methyl sites for hydroxylation is 1. The maximum absolute atomic E-state index is 9.64. The minimum Gasteiger partial charge on any atom is -0.490 e. The maximum atomic E-state index is 9.64. The van der Waals surface area contributed by atoms with Gasteiger partial charge in [0.05, 0.1) is 25.4 Å². The highest BCUT2D eigenvalue weighted by atomic mass is 35.5. The van der Waals surface area contributed by atoms with Crippen LogP contribution in [-0.4, -0.2) is 35.6 Å². The molecule has 5 heteroatoms.